The van der Waals surface area contributed by atoms with Crippen molar-refractivity contribution in [1.82, 2.24) is 4.90 Å². The predicted molar refractivity (Wildman–Crippen MR) is 78.9 cm³/mol. The molecule has 0 spiro atoms. The van der Waals surface area contributed by atoms with E-state index >= 15 is 0 Å². The van der Waals surface area contributed by atoms with Crippen LogP contribution in [0.15, 0.2) is 18.2 Å². The minimum absolute atomic E-state index is 0.393. The van der Waals surface area contributed by atoms with Gasteiger partial charge in [0.1, 0.15) is 0 Å². The highest BCUT2D eigenvalue weighted by Gasteiger charge is 2.28. The number of nitrogens with two attached hydrogens (primary N) is 1. The third-order valence-corrected chi connectivity index (χ3v) is 4.11. The fourth-order valence-corrected chi connectivity index (χ4v) is 2.49. The van der Waals surface area contributed by atoms with E-state index in [1.165, 1.54) is 31.5 Å². The summed E-state index contributed by atoms with van der Waals surface area (Å²) in [6.45, 7) is 7.84. The number of rotatable bonds is 3. The van der Waals surface area contributed by atoms with E-state index in [-0.39, 0.29) is 0 Å². The van der Waals surface area contributed by atoms with Crippen molar-refractivity contribution in [3.8, 4) is 0 Å². The molecule has 1 heterocycles. The molecule has 1 aromatic carbocycles. The molecule has 100 valence electrons. The normalized spacial score (nSPS) is 19.7. The van der Waals surface area contributed by atoms with Gasteiger partial charge in [-0.1, -0.05) is 13.0 Å². The minimum atomic E-state index is 0.393. The summed E-state index contributed by atoms with van der Waals surface area (Å²) < 4.78 is 0. The molecule has 1 fully saturated rings. The summed E-state index contributed by atoms with van der Waals surface area (Å²) in [6, 6.07) is 6.22. The van der Waals surface area contributed by atoms with Crippen molar-refractivity contribution in [1.29, 1.82) is 0 Å². The van der Waals surface area contributed by atoms with Gasteiger partial charge >= 0.3 is 0 Å². The molecule has 0 amide bonds. The zero-order valence-electron chi connectivity index (χ0n) is 11.8. The lowest BCUT2D eigenvalue weighted by Gasteiger charge is -2.38. The smallest absolute Gasteiger partial charge is 0.0574 e. The van der Waals surface area contributed by atoms with Crippen LogP contribution in [0.5, 0.6) is 0 Å². The second-order valence-corrected chi connectivity index (χ2v) is 6.06. The fraction of sp³-hybridized carbons (Fsp3) is 0.600. The lowest BCUT2D eigenvalue weighted by molar-refractivity contribution is 0.150. The van der Waals surface area contributed by atoms with Gasteiger partial charge in [-0.3, -0.25) is 0 Å². The first-order valence-electron chi connectivity index (χ1n) is 6.77. The topological polar surface area (TPSA) is 41.3 Å². The lowest BCUT2D eigenvalue weighted by Crippen LogP contribution is -2.40. The maximum Gasteiger partial charge on any atom is 0.0574 e. The first-order valence-corrected chi connectivity index (χ1v) is 6.77. The molecule has 1 aliphatic heterocycles. The van der Waals surface area contributed by atoms with Crippen molar-refractivity contribution in [2.24, 2.45) is 5.41 Å². The highest BCUT2D eigenvalue weighted by molar-refractivity contribution is 5.66. The van der Waals surface area contributed by atoms with Crippen molar-refractivity contribution < 1.29 is 0 Å². The van der Waals surface area contributed by atoms with Crippen LogP contribution >= 0.6 is 0 Å². The number of hydrogen-bond donors (Lipinski definition) is 2. The van der Waals surface area contributed by atoms with Crippen LogP contribution in [0.3, 0.4) is 0 Å². The highest BCUT2D eigenvalue weighted by atomic mass is 15.1. The maximum atomic E-state index is 6.03. The third kappa shape index (κ3) is 3.16. The number of nitrogens with zero attached hydrogens (tertiary/aromatic N) is 1. The van der Waals surface area contributed by atoms with Gasteiger partial charge < -0.3 is 16.0 Å². The number of nitrogens with one attached hydrogen (secondary N) is 1. The Morgan fingerprint density at radius 3 is 2.61 bits per heavy atom. The van der Waals surface area contributed by atoms with E-state index in [2.05, 4.69) is 43.2 Å². The average molecular weight is 247 g/mol. The molecule has 0 radical (unpaired) electrons. The Morgan fingerprint density at radius 1 is 1.33 bits per heavy atom. The molecule has 1 aliphatic rings. The highest BCUT2D eigenvalue weighted by Crippen LogP contribution is 2.31. The molecule has 0 unspecified atom stereocenters. The number of nitrogen functional groups attached to an aromatic ring is 1. The van der Waals surface area contributed by atoms with Crippen LogP contribution in [0.25, 0.3) is 0 Å². The minimum Gasteiger partial charge on any atom is -0.397 e. The molecule has 3 nitrogen and oxygen atoms in total. The summed E-state index contributed by atoms with van der Waals surface area (Å²) in [7, 11) is 2.20. The van der Waals surface area contributed by atoms with Gasteiger partial charge in [-0.15, -0.1) is 0 Å². The molecule has 0 saturated carbocycles. The maximum absolute atomic E-state index is 6.03. The van der Waals surface area contributed by atoms with Gasteiger partial charge in [0.05, 0.1) is 11.4 Å². The molecule has 1 aromatic rings. The summed E-state index contributed by atoms with van der Waals surface area (Å²) >= 11 is 0. The van der Waals surface area contributed by atoms with Gasteiger partial charge in [0.25, 0.3) is 0 Å². The Labute approximate surface area is 110 Å². The quantitative estimate of drug-likeness (QED) is 0.807. The van der Waals surface area contributed by atoms with E-state index in [0.29, 0.717) is 5.41 Å². The largest absolute Gasteiger partial charge is 0.397 e. The van der Waals surface area contributed by atoms with E-state index in [4.69, 9.17) is 5.73 Å². The molecule has 2 rings (SSSR count). The monoisotopic (exact) mass is 247 g/mol. The summed E-state index contributed by atoms with van der Waals surface area (Å²) in [5, 5.41) is 3.52. The molecule has 3 N–H and O–H groups in total. The zero-order chi connectivity index (χ0) is 13.2. The van der Waals surface area contributed by atoms with Gasteiger partial charge in [-0.2, -0.15) is 0 Å². The van der Waals surface area contributed by atoms with Crippen LogP contribution in [-0.2, 0) is 0 Å². The number of piperidine rings is 1. The molecule has 18 heavy (non-hydrogen) atoms. The Hall–Kier alpha value is -1.22. The van der Waals surface area contributed by atoms with Crippen molar-refractivity contribution in [2.75, 3.05) is 37.7 Å². The molecule has 0 aromatic heterocycles. The summed E-state index contributed by atoms with van der Waals surface area (Å²) in [5.41, 5.74) is 9.56. The van der Waals surface area contributed by atoms with Crippen LogP contribution in [0, 0.1) is 12.3 Å². The van der Waals surface area contributed by atoms with E-state index in [0.717, 1.165) is 17.9 Å². The number of hydrogen-bond acceptors (Lipinski definition) is 3. The summed E-state index contributed by atoms with van der Waals surface area (Å²) in [4.78, 5) is 2.40. The van der Waals surface area contributed by atoms with Crippen molar-refractivity contribution in [3.63, 3.8) is 0 Å². The average Bonchev–Trinajstić information content (AvgIpc) is 2.32. The van der Waals surface area contributed by atoms with Gasteiger partial charge in [-0.05, 0) is 63.0 Å². The predicted octanol–water partition coefficient (Wildman–Crippen LogP) is 2.72. The molecule has 1 saturated heterocycles. The van der Waals surface area contributed by atoms with Crippen molar-refractivity contribution in [2.45, 2.75) is 26.7 Å². The summed E-state index contributed by atoms with van der Waals surface area (Å²) in [6.07, 6.45) is 2.50. The van der Waals surface area contributed by atoms with Crippen molar-refractivity contribution >= 4 is 11.4 Å². The number of benzene rings is 1. The van der Waals surface area contributed by atoms with Gasteiger partial charge in [0.15, 0.2) is 0 Å². The standard InChI is InChI=1S/C15H25N3/c1-12-4-5-14(13(16)10-12)17-11-15(2)6-8-18(3)9-7-15/h4-5,10,17H,6-9,11,16H2,1-3H3. The lowest BCUT2D eigenvalue weighted by atomic mass is 9.80. The zero-order valence-corrected chi connectivity index (χ0v) is 11.8. The van der Waals surface area contributed by atoms with Crippen LogP contribution in [-0.4, -0.2) is 31.6 Å². The van der Waals surface area contributed by atoms with E-state index < -0.39 is 0 Å². The Balaban J connectivity index is 1.94. The van der Waals surface area contributed by atoms with Gasteiger partial charge in [0, 0.05) is 6.54 Å². The first kappa shape index (κ1) is 13.2. The number of aryl methyl sites for hydroxylation is 1. The molecule has 0 atom stereocenters. The third-order valence-electron chi connectivity index (χ3n) is 4.11. The molecular formula is C15H25N3. The van der Waals surface area contributed by atoms with Crippen molar-refractivity contribution in [3.05, 3.63) is 23.8 Å². The molecule has 3 heteroatoms. The second-order valence-electron chi connectivity index (χ2n) is 6.06. The van der Waals surface area contributed by atoms with Gasteiger partial charge in [0.2, 0.25) is 0 Å². The molecule has 0 aliphatic carbocycles. The van der Waals surface area contributed by atoms with Gasteiger partial charge in [-0.25, -0.2) is 0 Å². The van der Waals surface area contributed by atoms with E-state index in [1.54, 1.807) is 0 Å². The molecular weight excluding hydrogens is 222 g/mol. The van der Waals surface area contributed by atoms with E-state index in [1.807, 2.05) is 6.07 Å². The van der Waals surface area contributed by atoms with E-state index in [9.17, 15) is 0 Å². The van der Waals surface area contributed by atoms with Crippen LogP contribution < -0.4 is 11.1 Å². The molecule has 0 bridgehead atoms. The Bertz CT molecular complexity index is 406. The second kappa shape index (κ2) is 5.19. The number of likely N-dealkylation sites (tertiary alicyclic amines) is 1. The fourth-order valence-electron chi connectivity index (χ4n) is 2.49. The van der Waals surface area contributed by atoms with Crippen LogP contribution in [0.2, 0.25) is 0 Å². The van der Waals surface area contributed by atoms with Crippen LogP contribution in [0.1, 0.15) is 25.3 Å². The Kier molecular flexibility index (Phi) is 3.81. The summed E-state index contributed by atoms with van der Waals surface area (Å²) in [5.74, 6) is 0. The Morgan fingerprint density at radius 2 is 2.00 bits per heavy atom. The number of anilines is 2. The SMILES string of the molecule is Cc1ccc(NCC2(C)CCN(C)CC2)c(N)c1. The van der Waals surface area contributed by atoms with Crippen LogP contribution in [0.4, 0.5) is 11.4 Å². The first-order chi connectivity index (χ1) is 8.48.